The van der Waals surface area contributed by atoms with Crippen molar-refractivity contribution in [1.82, 2.24) is 0 Å². The summed E-state index contributed by atoms with van der Waals surface area (Å²) in [7, 11) is 0. The van der Waals surface area contributed by atoms with Crippen LogP contribution in [0.15, 0.2) is 0 Å². The van der Waals surface area contributed by atoms with E-state index < -0.39 is 5.60 Å². The molecule has 1 spiro atoms. The molecule has 0 bridgehead atoms. The number of carbonyl (C=O) groups is 2. The number of Topliss-reactive ketones (excluding diaryl/α,β-unsaturated/α-hetero) is 1. The molecule has 4 nitrogen and oxygen atoms in total. The van der Waals surface area contributed by atoms with Gasteiger partial charge in [-0.15, -0.1) is 0 Å². The highest BCUT2D eigenvalue weighted by Gasteiger charge is 2.78. The van der Waals surface area contributed by atoms with E-state index in [1.807, 2.05) is 0 Å². The van der Waals surface area contributed by atoms with E-state index in [1.54, 1.807) is 0 Å². The molecule has 4 heteroatoms. The second-order valence-corrected chi connectivity index (χ2v) is 15.3. The van der Waals surface area contributed by atoms with E-state index >= 15 is 0 Å². The molecule has 188 valence electrons. The fourth-order valence-corrected chi connectivity index (χ4v) is 12.2. The molecule has 0 aromatic heterocycles. The Kier molecular flexibility index (Phi) is 4.03. The number of carbonyl (C=O) groups excluding carboxylic acids is 2. The third-order valence-electron chi connectivity index (χ3n) is 14.2. The highest BCUT2D eigenvalue weighted by atomic mass is 16.7. The van der Waals surface area contributed by atoms with E-state index in [4.69, 9.17) is 9.47 Å². The molecular formula is C30H44O4. The smallest absolute Gasteiger partial charge is 0.341 e. The van der Waals surface area contributed by atoms with Gasteiger partial charge in [-0.2, -0.15) is 0 Å². The molecule has 34 heavy (non-hydrogen) atoms. The van der Waals surface area contributed by atoms with Gasteiger partial charge >= 0.3 is 5.97 Å². The van der Waals surface area contributed by atoms with Crippen molar-refractivity contribution < 1.29 is 19.1 Å². The van der Waals surface area contributed by atoms with Crippen molar-refractivity contribution in [1.29, 1.82) is 0 Å². The predicted molar refractivity (Wildman–Crippen MR) is 129 cm³/mol. The number of epoxide rings is 1. The number of hydrogen-bond donors (Lipinski definition) is 0. The summed E-state index contributed by atoms with van der Waals surface area (Å²) in [5, 5.41) is 0. The van der Waals surface area contributed by atoms with E-state index in [9.17, 15) is 9.59 Å². The van der Waals surface area contributed by atoms with Gasteiger partial charge in [0.15, 0.2) is 5.60 Å². The summed E-state index contributed by atoms with van der Waals surface area (Å²) in [6.45, 7) is 15.4. The average Bonchev–Trinajstić information content (AvgIpc) is 3.45. The minimum atomic E-state index is -0.611. The lowest BCUT2D eigenvalue weighted by Gasteiger charge is -2.72. The van der Waals surface area contributed by atoms with Crippen LogP contribution in [0.3, 0.4) is 0 Å². The topological polar surface area (TPSA) is 55.9 Å². The molecule has 3 unspecified atom stereocenters. The van der Waals surface area contributed by atoms with Gasteiger partial charge in [-0.3, -0.25) is 4.79 Å². The van der Waals surface area contributed by atoms with Gasteiger partial charge in [0.05, 0.1) is 6.61 Å². The van der Waals surface area contributed by atoms with E-state index in [1.165, 1.54) is 38.5 Å². The SMILES string of the molecule is CC1(C)C(=O)CC[C@@]2(C)C1CC[C@]1(C)[C@@H]2CCC2C3[C@H]4[C@@H](C[C@]3(C)CC[C@]21C)OC(=O)[C@@]41CO1. The molecule has 0 radical (unpaired) electrons. The van der Waals surface area contributed by atoms with Crippen LogP contribution in [0.1, 0.15) is 99.3 Å². The van der Waals surface area contributed by atoms with Gasteiger partial charge in [0.2, 0.25) is 0 Å². The first-order valence-corrected chi connectivity index (χ1v) is 14.2. The quantitative estimate of drug-likeness (QED) is 0.325. The molecule has 7 fully saturated rings. The number of hydrogen-bond acceptors (Lipinski definition) is 4. The van der Waals surface area contributed by atoms with E-state index in [-0.39, 0.29) is 45.1 Å². The summed E-state index contributed by atoms with van der Waals surface area (Å²) in [4.78, 5) is 25.7. The van der Waals surface area contributed by atoms with Crippen LogP contribution in [0.5, 0.6) is 0 Å². The van der Waals surface area contributed by atoms with Crippen LogP contribution in [-0.4, -0.2) is 30.1 Å². The molecule has 0 aromatic rings. The molecule has 7 rings (SSSR count). The van der Waals surface area contributed by atoms with Crippen molar-refractivity contribution in [3.05, 3.63) is 0 Å². The zero-order valence-corrected chi connectivity index (χ0v) is 22.2. The molecule has 0 amide bonds. The minimum absolute atomic E-state index is 0.0660. The average molecular weight is 469 g/mol. The summed E-state index contributed by atoms with van der Waals surface area (Å²) in [6, 6.07) is 0. The normalized spacial score (nSPS) is 61.1. The Bertz CT molecular complexity index is 980. The summed E-state index contributed by atoms with van der Waals surface area (Å²) < 4.78 is 11.9. The van der Waals surface area contributed by atoms with Crippen molar-refractivity contribution in [2.45, 2.75) is 111 Å². The van der Waals surface area contributed by atoms with Gasteiger partial charge in [0.1, 0.15) is 11.9 Å². The van der Waals surface area contributed by atoms with Gasteiger partial charge in [-0.25, -0.2) is 4.79 Å². The van der Waals surface area contributed by atoms with Gasteiger partial charge in [-0.1, -0.05) is 41.5 Å². The number of ketones is 1. The van der Waals surface area contributed by atoms with Gasteiger partial charge < -0.3 is 9.47 Å². The largest absolute Gasteiger partial charge is 0.460 e. The highest BCUT2D eigenvalue weighted by Crippen LogP contribution is 2.78. The lowest BCUT2D eigenvalue weighted by Crippen LogP contribution is -2.66. The summed E-state index contributed by atoms with van der Waals surface area (Å²) >= 11 is 0. The Morgan fingerprint density at radius 1 is 0.794 bits per heavy atom. The Morgan fingerprint density at radius 2 is 1.53 bits per heavy atom. The highest BCUT2D eigenvalue weighted by molar-refractivity contribution is 5.86. The Balaban J connectivity index is 1.29. The van der Waals surface area contributed by atoms with E-state index in [2.05, 4.69) is 41.5 Å². The van der Waals surface area contributed by atoms with Crippen molar-refractivity contribution in [2.75, 3.05) is 6.61 Å². The third kappa shape index (κ3) is 2.24. The van der Waals surface area contributed by atoms with Crippen molar-refractivity contribution in [2.24, 2.45) is 56.7 Å². The Hall–Kier alpha value is -0.900. The molecule has 0 aromatic carbocycles. The van der Waals surface area contributed by atoms with Crippen molar-refractivity contribution >= 4 is 11.8 Å². The first kappa shape index (κ1) is 22.3. The summed E-state index contributed by atoms with van der Waals surface area (Å²) in [5.41, 5.74) is 0.287. The van der Waals surface area contributed by atoms with Crippen LogP contribution in [0, 0.1) is 56.7 Å². The fraction of sp³-hybridized carbons (Fsp3) is 0.933. The van der Waals surface area contributed by atoms with E-state index in [0.29, 0.717) is 36.1 Å². The van der Waals surface area contributed by atoms with Gasteiger partial charge in [-0.05, 0) is 96.7 Å². The molecule has 2 aliphatic heterocycles. The molecule has 5 aliphatic carbocycles. The number of esters is 1. The van der Waals surface area contributed by atoms with Crippen LogP contribution in [0.2, 0.25) is 0 Å². The monoisotopic (exact) mass is 468 g/mol. The van der Waals surface area contributed by atoms with Crippen LogP contribution >= 0.6 is 0 Å². The van der Waals surface area contributed by atoms with Gasteiger partial charge in [0.25, 0.3) is 0 Å². The maximum atomic E-state index is 13.0. The van der Waals surface area contributed by atoms with Crippen LogP contribution in [0.4, 0.5) is 0 Å². The summed E-state index contributed by atoms with van der Waals surface area (Å²) in [6.07, 6.45) is 10.5. The molecular weight excluding hydrogens is 424 g/mol. The lowest BCUT2D eigenvalue weighted by molar-refractivity contribution is -0.234. The molecule has 2 saturated heterocycles. The van der Waals surface area contributed by atoms with Crippen LogP contribution in [0.25, 0.3) is 0 Å². The zero-order valence-electron chi connectivity index (χ0n) is 22.2. The minimum Gasteiger partial charge on any atom is -0.460 e. The van der Waals surface area contributed by atoms with Crippen molar-refractivity contribution in [3.8, 4) is 0 Å². The van der Waals surface area contributed by atoms with E-state index in [0.717, 1.165) is 19.3 Å². The second-order valence-electron chi connectivity index (χ2n) is 15.3. The molecule has 2 heterocycles. The molecule has 11 atom stereocenters. The third-order valence-corrected chi connectivity index (χ3v) is 14.2. The standard InChI is InChI=1S/C30H44O4/c1-25(2)19-9-12-29(6)20(27(19,4)11-10-21(25)31)8-7-17-22-23-18(34-24(32)30(23)16-33-30)15-26(22,3)13-14-28(17,29)5/h17-20,22-23H,7-16H2,1-6H3/t17?,18-,19?,20-,22?,23-,26+,27+,28-,29-,30-/m1/s1. The summed E-state index contributed by atoms with van der Waals surface area (Å²) in [5.74, 6) is 3.03. The van der Waals surface area contributed by atoms with Gasteiger partial charge in [0, 0.05) is 17.8 Å². The zero-order chi connectivity index (χ0) is 24.1. The number of ether oxygens (including phenoxy) is 2. The first-order valence-electron chi connectivity index (χ1n) is 14.2. The number of rotatable bonds is 0. The molecule has 5 saturated carbocycles. The first-order chi connectivity index (χ1) is 15.8. The second kappa shape index (κ2) is 6.14. The maximum absolute atomic E-state index is 13.0. The maximum Gasteiger partial charge on any atom is 0.341 e. The number of fused-ring (bicyclic) bond motifs is 10. The van der Waals surface area contributed by atoms with Crippen LogP contribution < -0.4 is 0 Å². The lowest BCUT2D eigenvalue weighted by atomic mass is 9.32. The van der Waals surface area contributed by atoms with Crippen LogP contribution in [-0.2, 0) is 19.1 Å². The Labute approximate surface area is 205 Å². The molecule has 0 N–H and O–H groups in total. The fourth-order valence-electron chi connectivity index (χ4n) is 12.2. The molecule has 7 aliphatic rings. The Morgan fingerprint density at radius 3 is 2.24 bits per heavy atom. The van der Waals surface area contributed by atoms with Crippen molar-refractivity contribution in [3.63, 3.8) is 0 Å². The predicted octanol–water partition coefficient (Wildman–Crippen LogP) is 5.96.